The van der Waals surface area contributed by atoms with E-state index in [0.29, 0.717) is 12.0 Å². The molecule has 0 unspecified atom stereocenters. The van der Waals surface area contributed by atoms with Crippen molar-refractivity contribution in [1.29, 1.82) is 0 Å². The van der Waals surface area contributed by atoms with Gasteiger partial charge in [0.2, 0.25) is 5.91 Å². The number of halogens is 2. The summed E-state index contributed by atoms with van der Waals surface area (Å²) < 4.78 is 51.5. The predicted molar refractivity (Wildman–Crippen MR) is 133 cm³/mol. The van der Waals surface area contributed by atoms with E-state index in [1.807, 2.05) is 38.1 Å². The molecule has 0 heterocycles. The number of aliphatic hydroxyl groups is 1. The van der Waals surface area contributed by atoms with Crippen LogP contribution in [0.5, 0.6) is 0 Å². The van der Waals surface area contributed by atoms with Crippen molar-refractivity contribution in [3.63, 3.8) is 0 Å². The standard InChI is InChI=1S/C26H36F2N2O4S/c1-3-5-10-35(33,34)11-9-26(32)30(17-20-8-6-7-19(4-2)12-20)18-25(31)24(29)15-21-13-22(27)16-23(28)14-21/h6-8,12-14,16,24-25,31H,3-5,9-11,15,17-18,29H2,1-2H3/t24-,25+/m0/s1. The molecule has 2 rings (SSSR count). The first kappa shape index (κ1) is 28.9. The second kappa shape index (κ2) is 13.7. The molecule has 0 aliphatic rings. The number of carbonyl (C=O) groups excluding carboxylic acids is 1. The lowest BCUT2D eigenvalue weighted by Crippen LogP contribution is -2.46. The number of aliphatic hydroxyl groups excluding tert-OH is 1. The van der Waals surface area contributed by atoms with Crippen LogP contribution >= 0.6 is 0 Å². The number of hydrogen-bond donors (Lipinski definition) is 2. The van der Waals surface area contributed by atoms with Crippen LogP contribution in [0.15, 0.2) is 42.5 Å². The zero-order valence-electron chi connectivity index (χ0n) is 20.4. The van der Waals surface area contributed by atoms with Gasteiger partial charge in [-0.3, -0.25) is 4.79 Å². The maximum absolute atomic E-state index is 13.5. The summed E-state index contributed by atoms with van der Waals surface area (Å²) in [7, 11) is -3.36. The fraction of sp³-hybridized carbons (Fsp3) is 0.500. The molecule has 9 heteroatoms. The highest BCUT2D eigenvalue weighted by Gasteiger charge is 2.24. The van der Waals surface area contributed by atoms with E-state index in [1.54, 1.807) is 0 Å². The highest BCUT2D eigenvalue weighted by molar-refractivity contribution is 7.91. The van der Waals surface area contributed by atoms with Gasteiger partial charge in [0.15, 0.2) is 9.84 Å². The second-order valence-corrected chi connectivity index (χ2v) is 11.2. The van der Waals surface area contributed by atoms with E-state index < -0.39 is 39.5 Å². The van der Waals surface area contributed by atoms with Crippen LogP contribution in [0, 0.1) is 11.6 Å². The third-order valence-electron chi connectivity index (χ3n) is 5.86. The van der Waals surface area contributed by atoms with Crippen molar-refractivity contribution in [2.24, 2.45) is 5.73 Å². The van der Waals surface area contributed by atoms with Gasteiger partial charge in [0.25, 0.3) is 0 Å². The number of unbranched alkanes of at least 4 members (excludes halogenated alkanes) is 1. The summed E-state index contributed by atoms with van der Waals surface area (Å²) in [6, 6.07) is 9.84. The number of nitrogens with zero attached hydrogens (tertiary/aromatic N) is 1. The number of carbonyl (C=O) groups is 1. The Bertz CT molecular complexity index is 1060. The molecule has 0 radical (unpaired) electrons. The van der Waals surface area contributed by atoms with Crippen molar-refractivity contribution in [2.45, 2.75) is 64.6 Å². The van der Waals surface area contributed by atoms with E-state index in [2.05, 4.69) is 0 Å². The molecule has 2 aromatic rings. The summed E-state index contributed by atoms with van der Waals surface area (Å²) in [5.41, 5.74) is 8.33. The monoisotopic (exact) mass is 510 g/mol. The normalized spacial score (nSPS) is 13.4. The number of hydrogen-bond acceptors (Lipinski definition) is 5. The smallest absolute Gasteiger partial charge is 0.223 e. The average Bonchev–Trinajstić information content (AvgIpc) is 2.80. The van der Waals surface area contributed by atoms with Gasteiger partial charge >= 0.3 is 0 Å². The van der Waals surface area contributed by atoms with Gasteiger partial charge < -0.3 is 15.7 Å². The lowest BCUT2D eigenvalue weighted by molar-refractivity contribution is -0.133. The van der Waals surface area contributed by atoms with E-state index in [9.17, 15) is 27.1 Å². The lowest BCUT2D eigenvalue weighted by Gasteiger charge is -2.28. The van der Waals surface area contributed by atoms with E-state index in [-0.39, 0.29) is 37.4 Å². The van der Waals surface area contributed by atoms with Crippen molar-refractivity contribution < 1.29 is 27.1 Å². The maximum atomic E-state index is 13.5. The molecular formula is C26H36F2N2O4S. The molecule has 0 fully saturated rings. The van der Waals surface area contributed by atoms with Crippen molar-refractivity contribution in [3.05, 3.63) is 70.8 Å². The number of sulfone groups is 1. The Labute approximate surface area is 207 Å². The predicted octanol–water partition coefficient (Wildman–Crippen LogP) is 3.39. The van der Waals surface area contributed by atoms with Crippen LogP contribution in [0.2, 0.25) is 0 Å². The highest BCUT2D eigenvalue weighted by Crippen LogP contribution is 2.15. The topological polar surface area (TPSA) is 101 Å². The molecule has 0 aromatic heterocycles. The molecule has 194 valence electrons. The van der Waals surface area contributed by atoms with E-state index in [0.717, 1.165) is 42.2 Å². The Kier molecular flexibility index (Phi) is 11.3. The van der Waals surface area contributed by atoms with Gasteiger partial charge in [-0.25, -0.2) is 17.2 Å². The highest BCUT2D eigenvalue weighted by atomic mass is 32.2. The van der Waals surface area contributed by atoms with Crippen LogP contribution in [-0.4, -0.2) is 54.5 Å². The average molecular weight is 511 g/mol. The first-order valence-corrected chi connectivity index (χ1v) is 13.8. The SMILES string of the molecule is CCCCS(=O)(=O)CCC(=O)N(Cc1cccc(CC)c1)C[C@@H](O)[C@@H](N)Cc1cc(F)cc(F)c1. The van der Waals surface area contributed by atoms with Crippen molar-refractivity contribution >= 4 is 15.7 Å². The van der Waals surface area contributed by atoms with Gasteiger partial charge in [-0.1, -0.05) is 44.5 Å². The Hall–Kier alpha value is -2.36. The van der Waals surface area contributed by atoms with Crippen LogP contribution in [0.1, 0.15) is 49.8 Å². The van der Waals surface area contributed by atoms with Gasteiger partial charge in [0.05, 0.1) is 17.6 Å². The van der Waals surface area contributed by atoms with Crippen molar-refractivity contribution in [3.8, 4) is 0 Å². The van der Waals surface area contributed by atoms with Gasteiger partial charge in [0, 0.05) is 31.6 Å². The van der Waals surface area contributed by atoms with Crippen molar-refractivity contribution in [1.82, 2.24) is 4.90 Å². The summed E-state index contributed by atoms with van der Waals surface area (Å²) >= 11 is 0. The quantitative estimate of drug-likeness (QED) is 0.406. The third kappa shape index (κ3) is 10.0. The maximum Gasteiger partial charge on any atom is 0.223 e. The Balaban J connectivity index is 2.14. The molecule has 0 aliphatic carbocycles. The Morgan fingerprint density at radius 1 is 1.03 bits per heavy atom. The zero-order chi connectivity index (χ0) is 26.0. The van der Waals surface area contributed by atoms with E-state index >= 15 is 0 Å². The number of benzene rings is 2. The Morgan fingerprint density at radius 3 is 2.31 bits per heavy atom. The Morgan fingerprint density at radius 2 is 1.69 bits per heavy atom. The van der Waals surface area contributed by atoms with Gasteiger partial charge in [-0.15, -0.1) is 0 Å². The van der Waals surface area contributed by atoms with Crippen LogP contribution in [0.25, 0.3) is 0 Å². The van der Waals surface area contributed by atoms with Gasteiger partial charge in [-0.2, -0.15) is 0 Å². The number of nitrogens with two attached hydrogens (primary N) is 1. The molecule has 0 bridgehead atoms. The minimum atomic E-state index is -3.36. The molecule has 6 nitrogen and oxygen atoms in total. The molecule has 0 aliphatic heterocycles. The minimum Gasteiger partial charge on any atom is -0.390 e. The molecule has 0 saturated heterocycles. The molecule has 0 saturated carbocycles. The minimum absolute atomic E-state index is 0.00853. The first-order valence-electron chi connectivity index (χ1n) is 12.0. The van der Waals surface area contributed by atoms with Crippen LogP contribution in [0.3, 0.4) is 0 Å². The van der Waals surface area contributed by atoms with Crippen LogP contribution in [-0.2, 0) is 34.0 Å². The van der Waals surface area contributed by atoms with E-state index in [1.165, 1.54) is 4.90 Å². The summed E-state index contributed by atoms with van der Waals surface area (Å²) in [5.74, 6) is -2.11. The zero-order valence-corrected chi connectivity index (χ0v) is 21.2. The molecule has 0 spiro atoms. The summed E-state index contributed by atoms with van der Waals surface area (Å²) in [6.45, 7) is 3.96. The molecule has 2 atom stereocenters. The number of rotatable bonds is 14. The van der Waals surface area contributed by atoms with Crippen LogP contribution in [0.4, 0.5) is 8.78 Å². The van der Waals surface area contributed by atoms with E-state index in [4.69, 9.17) is 5.73 Å². The summed E-state index contributed by atoms with van der Waals surface area (Å²) in [5, 5.41) is 10.7. The van der Waals surface area contributed by atoms with Gasteiger partial charge in [-0.05, 0) is 48.1 Å². The van der Waals surface area contributed by atoms with Gasteiger partial charge in [0.1, 0.15) is 11.6 Å². The molecule has 1 amide bonds. The number of aryl methyl sites for hydroxylation is 1. The molecular weight excluding hydrogens is 474 g/mol. The molecule has 2 aromatic carbocycles. The number of amides is 1. The summed E-state index contributed by atoms with van der Waals surface area (Å²) in [4.78, 5) is 14.4. The second-order valence-electron chi connectivity index (χ2n) is 8.92. The van der Waals surface area contributed by atoms with Crippen LogP contribution < -0.4 is 5.73 Å². The molecule has 3 N–H and O–H groups in total. The van der Waals surface area contributed by atoms with Crippen molar-refractivity contribution in [2.75, 3.05) is 18.1 Å². The largest absolute Gasteiger partial charge is 0.390 e. The summed E-state index contributed by atoms with van der Waals surface area (Å²) in [6.07, 6.45) is 0.724. The third-order valence-corrected chi connectivity index (χ3v) is 7.59. The molecule has 35 heavy (non-hydrogen) atoms. The fourth-order valence-corrected chi connectivity index (χ4v) is 5.21. The fourth-order valence-electron chi connectivity index (χ4n) is 3.79. The first-order chi connectivity index (χ1) is 16.5. The lowest BCUT2D eigenvalue weighted by atomic mass is 10.0.